The van der Waals surface area contributed by atoms with E-state index in [0.29, 0.717) is 12.8 Å². The molecular formula is C75H125NO13. The molecule has 2 rings (SSSR count). The average Bonchev–Trinajstić information content (AvgIpc) is 2.55. The van der Waals surface area contributed by atoms with Gasteiger partial charge in [0.05, 0.1) is 32.0 Å². The Morgan fingerprint density at radius 2 is 0.787 bits per heavy atom. The van der Waals surface area contributed by atoms with Gasteiger partial charge in [-0.05, 0) is 103 Å². The van der Waals surface area contributed by atoms with Crippen LogP contribution in [0.1, 0.15) is 239 Å². The Bertz CT molecular complexity index is 2010. The highest BCUT2D eigenvalue weighted by molar-refractivity contribution is 5.76. The molecule has 0 radical (unpaired) electrons. The van der Waals surface area contributed by atoms with Crippen molar-refractivity contribution in [2.75, 3.05) is 19.8 Å². The van der Waals surface area contributed by atoms with Crippen LogP contribution in [-0.4, -0.2) is 140 Å². The van der Waals surface area contributed by atoms with Gasteiger partial charge in [0, 0.05) is 6.42 Å². The maximum Gasteiger partial charge on any atom is 0.220 e. The molecule has 2 saturated heterocycles. The zero-order chi connectivity index (χ0) is 64.5. The van der Waals surface area contributed by atoms with Gasteiger partial charge in [0.1, 0.15) is 48.8 Å². The zero-order valence-corrected chi connectivity index (χ0v) is 55.1. The molecule has 2 aliphatic rings. The minimum atomic E-state index is -1.80. The minimum absolute atomic E-state index is 0.257. The molecule has 2 aliphatic heterocycles. The Kier molecular flexibility index (Phi) is 52.9. The van der Waals surface area contributed by atoms with E-state index in [0.717, 1.165) is 96.3 Å². The number of amides is 1. The molecule has 14 heteroatoms. The van der Waals surface area contributed by atoms with Crippen LogP contribution in [0.15, 0.2) is 134 Å². The number of allylic oxidation sites excluding steroid dienone is 21. The molecule has 12 atom stereocenters. The number of nitrogens with one attached hydrogen (secondary N) is 1. The van der Waals surface area contributed by atoms with Crippen molar-refractivity contribution in [3.63, 3.8) is 0 Å². The predicted octanol–water partition coefficient (Wildman–Crippen LogP) is 14.3. The standard InChI is InChI=1S/C75H125NO13/c1-3-5-7-9-11-13-15-17-19-21-22-23-24-25-26-27-28-29-30-31-32-33-34-35-36-37-38-39-40-41-42-43-45-47-49-51-53-55-57-59-67(80)76-63(64(79)58-56-54-52-50-48-46-44-20-18-16-14-12-10-8-6-4-2)62-86-74-72(85)70(83)73(66(61-78)88-74)89-75-71(84)69(82)68(81)65(60-77)87-75/h5,7,11,13,17,19,22-23,25-26,28-29,31-32,34-35,37-38,48,50,56,58,63-66,68-75,77-79,81-85H,3-4,6,8-10,12,14-16,18,20-21,24,27,30,33,36,39-47,49,51-55,57,59-62H2,1-2H3,(H,76,80)/b7-5-,13-11-,19-17-,23-22-,26-25-,29-28-,32-31-,35-34-,38-37-,50-48+,58-56+. The van der Waals surface area contributed by atoms with Crippen LogP contribution in [0.3, 0.4) is 0 Å². The molecule has 14 nitrogen and oxygen atoms in total. The quantitative estimate of drug-likeness (QED) is 0.0204. The number of aliphatic hydroxyl groups is 8. The first-order valence-electron chi connectivity index (χ1n) is 34.9. The lowest BCUT2D eigenvalue weighted by Crippen LogP contribution is -2.65. The molecule has 1 amide bonds. The van der Waals surface area contributed by atoms with Crippen molar-refractivity contribution in [3.05, 3.63) is 134 Å². The van der Waals surface area contributed by atoms with Crippen LogP contribution in [0.25, 0.3) is 0 Å². The zero-order valence-electron chi connectivity index (χ0n) is 55.1. The summed E-state index contributed by atoms with van der Waals surface area (Å²) in [7, 11) is 0. The summed E-state index contributed by atoms with van der Waals surface area (Å²) in [6.07, 6.45) is 69.3. The maximum absolute atomic E-state index is 13.3. The first-order chi connectivity index (χ1) is 43.6. The molecule has 0 aromatic heterocycles. The molecule has 0 aromatic rings. The van der Waals surface area contributed by atoms with E-state index in [1.54, 1.807) is 6.08 Å². The summed E-state index contributed by atoms with van der Waals surface area (Å²) in [6, 6.07) is -0.942. The number of carbonyl (C=O) groups is 1. The van der Waals surface area contributed by atoms with Crippen LogP contribution in [0.4, 0.5) is 0 Å². The fraction of sp³-hybridized carbons (Fsp3) is 0.693. The first kappa shape index (κ1) is 81.2. The lowest BCUT2D eigenvalue weighted by molar-refractivity contribution is -0.359. The number of aliphatic hydroxyl groups excluding tert-OH is 8. The lowest BCUT2D eigenvalue weighted by Gasteiger charge is -2.46. The Labute approximate surface area is 539 Å². The molecule has 0 aromatic carbocycles. The van der Waals surface area contributed by atoms with Crippen LogP contribution in [0, 0.1) is 0 Å². The number of carbonyl (C=O) groups excluding carboxylic acids is 1. The topological polar surface area (TPSA) is 228 Å². The van der Waals surface area contributed by atoms with Crippen LogP contribution in [0.5, 0.6) is 0 Å². The highest BCUT2D eigenvalue weighted by atomic mass is 16.7. The fourth-order valence-corrected chi connectivity index (χ4v) is 10.5. The van der Waals surface area contributed by atoms with Crippen molar-refractivity contribution in [2.24, 2.45) is 0 Å². The van der Waals surface area contributed by atoms with E-state index in [9.17, 15) is 45.6 Å². The van der Waals surface area contributed by atoms with Crippen molar-refractivity contribution in [3.8, 4) is 0 Å². The van der Waals surface area contributed by atoms with Gasteiger partial charge in [-0.15, -0.1) is 0 Å². The van der Waals surface area contributed by atoms with Crippen molar-refractivity contribution in [1.29, 1.82) is 0 Å². The Hall–Kier alpha value is -3.87. The largest absolute Gasteiger partial charge is 0.394 e. The molecule has 9 N–H and O–H groups in total. The van der Waals surface area contributed by atoms with E-state index in [2.05, 4.69) is 141 Å². The van der Waals surface area contributed by atoms with E-state index in [-0.39, 0.29) is 18.9 Å². The molecule has 508 valence electrons. The van der Waals surface area contributed by atoms with Crippen LogP contribution < -0.4 is 5.32 Å². The first-order valence-corrected chi connectivity index (χ1v) is 34.9. The molecule has 12 unspecified atom stereocenters. The van der Waals surface area contributed by atoms with Gasteiger partial charge in [-0.3, -0.25) is 4.79 Å². The second-order valence-electron chi connectivity index (χ2n) is 23.9. The van der Waals surface area contributed by atoms with Gasteiger partial charge in [0.15, 0.2) is 12.6 Å². The van der Waals surface area contributed by atoms with Crippen LogP contribution in [0.2, 0.25) is 0 Å². The molecular weight excluding hydrogens is 1120 g/mol. The molecule has 0 aliphatic carbocycles. The SMILES string of the molecule is CC/C=C\C/C=C\C/C=C\C/C=C\C/C=C\C/C=C\C/C=C\C/C=C\C/C=C\CCCCCCCCCCCCCC(=O)NC(COC1OC(CO)C(OC2OC(CO)C(O)C(O)C2O)C(O)C1O)C(O)/C=C/CC/C=C/CCCCCCCCCCCC. The third-order valence-electron chi connectivity index (χ3n) is 16.1. The number of hydrogen-bond donors (Lipinski definition) is 9. The summed E-state index contributed by atoms with van der Waals surface area (Å²) in [5.41, 5.74) is 0. The summed E-state index contributed by atoms with van der Waals surface area (Å²) in [4.78, 5) is 13.3. The van der Waals surface area contributed by atoms with Gasteiger partial charge in [-0.2, -0.15) is 0 Å². The number of hydrogen-bond acceptors (Lipinski definition) is 13. The van der Waals surface area contributed by atoms with Crippen molar-refractivity contribution >= 4 is 5.91 Å². The third kappa shape index (κ3) is 42.1. The fourth-order valence-electron chi connectivity index (χ4n) is 10.5. The van der Waals surface area contributed by atoms with Gasteiger partial charge in [0.2, 0.25) is 5.91 Å². The summed E-state index contributed by atoms with van der Waals surface area (Å²) < 4.78 is 22.8. The second kappa shape index (κ2) is 58.0. The third-order valence-corrected chi connectivity index (χ3v) is 16.1. The highest BCUT2D eigenvalue weighted by Gasteiger charge is 2.51. The Balaban J connectivity index is 1.64. The average molecular weight is 1250 g/mol. The maximum atomic E-state index is 13.3. The van der Waals surface area contributed by atoms with E-state index < -0.39 is 86.8 Å². The number of unbranched alkanes of at least 4 members (excludes halogenated alkanes) is 22. The predicted molar refractivity (Wildman–Crippen MR) is 364 cm³/mol. The summed E-state index contributed by atoms with van der Waals surface area (Å²) in [5.74, 6) is -0.257. The van der Waals surface area contributed by atoms with E-state index in [1.807, 2.05) is 6.08 Å². The normalized spacial score (nSPS) is 23.9. The van der Waals surface area contributed by atoms with Gasteiger partial charge in [-0.25, -0.2) is 0 Å². The Morgan fingerprint density at radius 1 is 0.416 bits per heavy atom. The van der Waals surface area contributed by atoms with Crippen LogP contribution in [-0.2, 0) is 23.7 Å². The smallest absolute Gasteiger partial charge is 0.220 e. The van der Waals surface area contributed by atoms with Crippen molar-refractivity contribution in [1.82, 2.24) is 5.32 Å². The molecule has 2 fully saturated rings. The molecule has 89 heavy (non-hydrogen) atoms. The van der Waals surface area contributed by atoms with Crippen molar-refractivity contribution < 1.29 is 64.6 Å². The van der Waals surface area contributed by atoms with Gasteiger partial charge >= 0.3 is 0 Å². The molecule has 0 spiro atoms. The lowest BCUT2D eigenvalue weighted by atomic mass is 9.97. The molecule has 2 heterocycles. The van der Waals surface area contributed by atoms with Gasteiger partial charge in [-0.1, -0.05) is 263 Å². The summed E-state index contributed by atoms with van der Waals surface area (Å²) >= 11 is 0. The van der Waals surface area contributed by atoms with E-state index in [4.69, 9.17) is 18.9 Å². The molecule has 0 saturated carbocycles. The summed E-state index contributed by atoms with van der Waals surface area (Å²) in [5, 5.41) is 87.3. The van der Waals surface area contributed by atoms with Crippen molar-refractivity contribution in [2.45, 2.75) is 312 Å². The van der Waals surface area contributed by atoms with Gasteiger partial charge in [0.25, 0.3) is 0 Å². The van der Waals surface area contributed by atoms with E-state index >= 15 is 0 Å². The number of ether oxygens (including phenoxy) is 4. The molecule has 0 bridgehead atoms. The highest BCUT2D eigenvalue weighted by Crippen LogP contribution is 2.30. The minimum Gasteiger partial charge on any atom is -0.394 e. The number of rotatable bonds is 55. The van der Waals surface area contributed by atoms with E-state index in [1.165, 1.54) is 109 Å². The van der Waals surface area contributed by atoms with Gasteiger partial charge < -0.3 is 65.1 Å². The second-order valence-corrected chi connectivity index (χ2v) is 23.9. The van der Waals surface area contributed by atoms with Crippen LogP contribution >= 0.6 is 0 Å². The summed E-state index contributed by atoms with van der Waals surface area (Å²) in [6.45, 7) is 2.66. The monoisotopic (exact) mass is 1250 g/mol. The Morgan fingerprint density at radius 3 is 1.24 bits per heavy atom.